The first kappa shape index (κ1) is 20.7. The first-order valence-electron chi connectivity index (χ1n) is 9.97. The van der Waals surface area contributed by atoms with Crippen molar-refractivity contribution in [2.75, 3.05) is 17.9 Å². The van der Waals surface area contributed by atoms with Crippen molar-refractivity contribution in [3.8, 4) is 22.8 Å². The molecule has 160 valence electrons. The minimum Gasteiger partial charge on any atom is -0.494 e. The number of hydrogen-bond acceptors (Lipinski definition) is 5. The zero-order chi connectivity index (χ0) is 21.8. The number of rotatable bonds is 8. The summed E-state index contributed by atoms with van der Waals surface area (Å²) >= 11 is 0. The number of pyridine rings is 1. The minimum atomic E-state index is -3.88. The molecule has 31 heavy (non-hydrogen) atoms. The van der Waals surface area contributed by atoms with Crippen LogP contribution in [-0.2, 0) is 10.0 Å². The molecule has 0 unspecified atom stereocenters. The van der Waals surface area contributed by atoms with Crippen molar-refractivity contribution in [2.45, 2.75) is 18.7 Å². The molecule has 0 aliphatic rings. The summed E-state index contributed by atoms with van der Waals surface area (Å²) in [6.45, 7) is 4.48. The van der Waals surface area contributed by atoms with Gasteiger partial charge in [-0.05, 0) is 50.2 Å². The molecule has 4 aromatic rings. The quantitative estimate of drug-likeness (QED) is 0.436. The van der Waals surface area contributed by atoms with Crippen LogP contribution in [0.1, 0.15) is 13.8 Å². The third-order valence-electron chi connectivity index (χ3n) is 4.59. The number of benzene rings is 2. The highest BCUT2D eigenvalue weighted by molar-refractivity contribution is 7.92. The predicted molar refractivity (Wildman–Crippen MR) is 120 cm³/mol. The van der Waals surface area contributed by atoms with Crippen LogP contribution in [0, 0.1) is 0 Å². The van der Waals surface area contributed by atoms with E-state index in [-0.39, 0.29) is 10.6 Å². The first-order chi connectivity index (χ1) is 15.0. The molecule has 0 atom stereocenters. The van der Waals surface area contributed by atoms with Crippen LogP contribution < -0.4 is 14.2 Å². The van der Waals surface area contributed by atoms with E-state index in [0.717, 1.165) is 16.9 Å². The van der Waals surface area contributed by atoms with Crippen molar-refractivity contribution in [3.05, 3.63) is 73.1 Å². The molecule has 0 bridgehead atoms. The zero-order valence-electron chi connectivity index (χ0n) is 17.3. The second-order valence-corrected chi connectivity index (χ2v) is 8.40. The Kier molecular flexibility index (Phi) is 5.81. The second-order valence-electron chi connectivity index (χ2n) is 6.75. The molecule has 1 N–H and O–H groups in total. The number of anilines is 1. The Morgan fingerprint density at radius 1 is 0.968 bits per heavy atom. The molecule has 2 aromatic carbocycles. The number of imidazole rings is 1. The van der Waals surface area contributed by atoms with E-state index in [2.05, 4.69) is 9.71 Å². The van der Waals surface area contributed by atoms with Gasteiger partial charge in [0.2, 0.25) is 0 Å². The van der Waals surface area contributed by atoms with Crippen molar-refractivity contribution >= 4 is 21.4 Å². The zero-order valence-corrected chi connectivity index (χ0v) is 18.1. The first-order valence-corrected chi connectivity index (χ1v) is 11.4. The van der Waals surface area contributed by atoms with E-state index >= 15 is 0 Å². The van der Waals surface area contributed by atoms with E-state index in [1.807, 2.05) is 48.0 Å². The molecule has 0 fully saturated rings. The van der Waals surface area contributed by atoms with Crippen LogP contribution in [0.25, 0.3) is 16.9 Å². The van der Waals surface area contributed by atoms with Crippen molar-refractivity contribution < 1.29 is 17.9 Å². The van der Waals surface area contributed by atoms with Crippen LogP contribution in [-0.4, -0.2) is 31.0 Å². The van der Waals surface area contributed by atoms with Gasteiger partial charge in [-0.1, -0.05) is 18.2 Å². The van der Waals surface area contributed by atoms with E-state index in [1.54, 1.807) is 37.3 Å². The van der Waals surface area contributed by atoms with Crippen LogP contribution in [0.5, 0.6) is 11.5 Å². The maximum atomic E-state index is 13.1. The number of fused-ring (bicyclic) bond motifs is 1. The van der Waals surface area contributed by atoms with Gasteiger partial charge in [0.1, 0.15) is 22.0 Å². The highest BCUT2D eigenvalue weighted by Crippen LogP contribution is 2.31. The average Bonchev–Trinajstić information content (AvgIpc) is 3.19. The molecule has 0 radical (unpaired) electrons. The Bertz CT molecular complexity index is 1280. The van der Waals surface area contributed by atoms with Gasteiger partial charge in [0.25, 0.3) is 10.0 Å². The van der Waals surface area contributed by atoms with E-state index < -0.39 is 10.0 Å². The topological polar surface area (TPSA) is 81.9 Å². The van der Waals surface area contributed by atoms with E-state index in [4.69, 9.17) is 9.47 Å². The van der Waals surface area contributed by atoms with Crippen molar-refractivity contribution in [2.24, 2.45) is 0 Å². The summed E-state index contributed by atoms with van der Waals surface area (Å²) in [6, 6.07) is 17.6. The maximum absolute atomic E-state index is 13.1. The van der Waals surface area contributed by atoms with E-state index in [0.29, 0.717) is 24.7 Å². The Hall–Kier alpha value is -3.52. The van der Waals surface area contributed by atoms with Gasteiger partial charge in [-0.2, -0.15) is 0 Å². The van der Waals surface area contributed by atoms with Crippen LogP contribution in [0.4, 0.5) is 5.69 Å². The van der Waals surface area contributed by atoms with Crippen molar-refractivity contribution in [1.29, 1.82) is 0 Å². The Morgan fingerprint density at radius 3 is 2.58 bits per heavy atom. The molecule has 7 nitrogen and oxygen atoms in total. The molecule has 2 aromatic heterocycles. The standard InChI is InChI=1S/C23H23N3O4S/c1-3-29-19-11-12-22(21(15-19)30-4-2)31(27,28)25-18-9-7-8-17(14-18)20-16-26-13-6-5-10-23(26)24-20/h5-16,25H,3-4H2,1-2H3. The summed E-state index contributed by atoms with van der Waals surface area (Å²) in [5, 5.41) is 0. The maximum Gasteiger partial charge on any atom is 0.265 e. The average molecular weight is 438 g/mol. The van der Waals surface area contributed by atoms with E-state index in [1.165, 1.54) is 6.07 Å². The summed E-state index contributed by atoms with van der Waals surface area (Å²) in [6.07, 6.45) is 3.82. The molecular weight excluding hydrogens is 414 g/mol. The number of hydrogen-bond donors (Lipinski definition) is 1. The van der Waals surface area contributed by atoms with Crippen molar-refractivity contribution in [1.82, 2.24) is 9.38 Å². The Balaban J connectivity index is 1.65. The fourth-order valence-electron chi connectivity index (χ4n) is 3.26. The number of aromatic nitrogens is 2. The fourth-order valence-corrected chi connectivity index (χ4v) is 4.44. The molecule has 0 spiro atoms. The van der Waals surface area contributed by atoms with Gasteiger partial charge in [-0.25, -0.2) is 13.4 Å². The highest BCUT2D eigenvalue weighted by Gasteiger charge is 2.21. The third-order valence-corrected chi connectivity index (χ3v) is 6.01. The molecule has 0 saturated heterocycles. The summed E-state index contributed by atoms with van der Waals surface area (Å²) in [4.78, 5) is 4.65. The normalized spacial score (nSPS) is 11.4. The molecule has 0 saturated carbocycles. The van der Waals surface area contributed by atoms with Gasteiger partial charge >= 0.3 is 0 Å². The summed E-state index contributed by atoms with van der Waals surface area (Å²) in [7, 11) is -3.88. The van der Waals surface area contributed by atoms with Crippen LogP contribution in [0.2, 0.25) is 0 Å². The lowest BCUT2D eigenvalue weighted by Gasteiger charge is -2.14. The predicted octanol–water partition coefficient (Wildman–Crippen LogP) is 4.60. The summed E-state index contributed by atoms with van der Waals surface area (Å²) < 4.78 is 41.8. The molecule has 4 rings (SSSR count). The SMILES string of the molecule is CCOc1ccc(S(=O)(=O)Nc2cccc(-c3cn4ccccc4n3)c2)c(OCC)c1. The van der Waals surface area contributed by atoms with Crippen molar-refractivity contribution in [3.63, 3.8) is 0 Å². The summed E-state index contributed by atoms with van der Waals surface area (Å²) in [5.41, 5.74) is 2.81. The van der Waals surface area contributed by atoms with Crippen LogP contribution in [0.3, 0.4) is 0 Å². The fraction of sp³-hybridized carbons (Fsp3) is 0.174. The molecule has 2 heterocycles. The molecule has 0 aliphatic heterocycles. The Labute approximate surface area is 181 Å². The molecular formula is C23H23N3O4S. The van der Waals surface area contributed by atoms with Gasteiger partial charge in [-0.15, -0.1) is 0 Å². The lowest BCUT2D eigenvalue weighted by Crippen LogP contribution is -2.14. The van der Waals surface area contributed by atoms with Crippen LogP contribution in [0.15, 0.2) is 78.0 Å². The lowest BCUT2D eigenvalue weighted by molar-refractivity contribution is 0.317. The monoisotopic (exact) mass is 437 g/mol. The highest BCUT2D eigenvalue weighted by atomic mass is 32.2. The number of sulfonamides is 1. The molecule has 8 heteroatoms. The molecule has 0 amide bonds. The summed E-state index contributed by atoms with van der Waals surface area (Å²) in [5.74, 6) is 0.802. The Morgan fingerprint density at radius 2 is 1.81 bits per heavy atom. The lowest BCUT2D eigenvalue weighted by atomic mass is 10.1. The minimum absolute atomic E-state index is 0.0518. The van der Waals surface area contributed by atoms with E-state index in [9.17, 15) is 8.42 Å². The van der Waals surface area contributed by atoms with Gasteiger partial charge < -0.3 is 13.9 Å². The second kappa shape index (κ2) is 8.69. The smallest absolute Gasteiger partial charge is 0.265 e. The number of nitrogens with zero attached hydrogens (tertiary/aromatic N) is 2. The molecule has 0 aliphatic carbocycles. The van der Waals surface area contributed by atoms with Crippen LogP contribution >= 0.6 is 0 Å². The largest absolute Gasteiger partial charge is 0.494 e. The van der Waals surface area contributed by atoms with Gasteiger partial charge in [0.15, 0.2) is 0 Å². The number of nitrogens with one attached hydrogen (secondary N) is 1. The van der Waals surface area contributed by atoms with Gasteiger partial charge in [-0.3, -0.25) is 4.72 Å². The van der Waals surface area contributed by atoms with Gasteiger partial charge in [0, 0.05) is 29.7 Å². The third kappa shape index (κ3) is 4.49. The number of ether oxygens (including phenoxy) is 2. The van der Waals surface area contributed by atoms with Gasteiger partial charge in [0.05, 0.1) is 18.9 Å².